The van der Waals surface area contributed by atoms with Gasteiger partial charge in [0.15, 0.2) is 0 Å². The van der Waals surface area contributed by atoms with Crippen LogP contribution in [0.3, 0.4) is 0 Å². The maximum atomic E-state index is 14.0. The Morgan fingerprint density at radius 1 is 1.24 bits per heavy atom. The van der Waals surface area contributed by atoms with Crippen LogP contribution in [-0.2, 0) is 11.0 Å². The SMILES string of the molecule is N#C[C@@H](NC(=O)[C@H](CC1CC1)NC(=O)c1cc2cccc(F)c2[nH]1)c1cnccc1C(F)(F)F. The molecule has 1 aliphatic carbocycles. The van der Waals surface area contributed by atoms with Gasteiger partial charge in [-0.1, -0.05) is 25.0 Å². The van der Waals surface area contributed by atoms with Crippen molar-refractivity contribution in [3.05, 3.63) is 65.4 Å². The second-order valence-electron chi connectivity index (χ2n) is 8.12. The fourth-order valence-electron chi connectivity index (χ4n) is 3.71. The number of carbonyl (C=O) groups excluding carboxylic acids is 2. The van der Waals surface area contributed by atoms with Gasteiger partial charge < -0.3 is 15.6 Å². The molecule has 7 nitrogen and oxygen atoms in total. The van der Waals surface area contributed by atoms with Crippen LogP contribution in [0.2, 0.25) is 0 Å². The van der Waals surface area contributed by atoms with Crippen LogP contribution in [0.25, 0.3) is 10.9 Å². The van der Waals surface area contributed by atoms with Gasteiger partial charge in [0.25, 0.3) is 5.91 Å². The number of amides is 2. The van der Waals surface area contributed by atoms with Gasteiger partial charge >= 0.3 is 6.18 Å². The van der Waals surface area contributed by atoms with Gasteiger partial charge in [-0.25, -0.2) is 4.39 Å². The zero-order chi connectivity index (χ0) is 24.5. The van der Waals surface area contributed by atoms with Gasteiger partial charge in [-0.15, -0.1) is 0 Å². The van der Waals surface area contributed by atoms with Gasteiger partial charge in [0, 0.05) is 23.3 Å². The highest BCUT2D eigenvalue weighted by Gasteiger charge is 2.37. The number of alkyl halides is 3. The number of halogens is 4. The first-order valence-electron chi connectivity index (χ1n) is 10.5. The van der Waals surface area contributed by atoms with E-state index in [1.165, 1.54) is 18.2 Å². The number of nitriles is 1. The molecule has 3 aromatic rings. The van der Waals surface area contributed by atoms with E-state index in [4.69, 9.17) is 0 Å². The fourth-order valence-corrected chi connectivity index (χ4v) is 3.71. The number of nitrogens with one attached hydrogen (secondary N) is 3. The monoisotopic (exact) mass is 473 g/mol. The molecule has 0 aliphatic heterocycles. The number of H-pyrrole nitrogens is 1. The molecule has 1 fully saturated rings. The average molecular weight is 473 g/mol. The maximum absolute atomic E-state index is 14.0. The second kappa shape index (κ2) is 9.13. The highest BCUT2D eigenvalue weighted by molar-refractivity contribution is 6.00. The predicted molar refractivity (Wildman–Crippen MR) is 113 cm³/mol. The number of carbonyl (C=O) groups is 2. The van der Waals surface area contributed by atoms with E-state index in [2.05, 4.69) is 20.6 Å². The minimum absolute atomic E-state index is 0.0251. The van der Waals surface area contributed by atoms with Gasteiger partial charge in [-0.3, -0.25) is 14.6 Å². The molecule has 1 aliphatic rings. The lowest BCUT2D eigenvalue weighted by Crippen LogP contribution is -2.48. The molecule has 0 unspecified atom stereocenters. The van der Waals surface area contributed by atoms with Gasteiger partial charge in [0.2, 0.25) is 5.91 Å². The molecule has 1 saturated carbocycles. The summed E-state index contributed by atoms with van der Waals surface area (Å²) in [5.74, 6) is -1.85. The van der Waals surface area contributed by atoms with Crippen molar-refractivity contribution in [1.82, 2.24) is 20.6 Å². The van der Waals surface area contributed by atoms with Gasteiger partial charge in [-0.05, 0) is 30.5 Å². The Balaban J connectivity index is 1.54. The molecule has 0 spiro atoms. The van der Waals surface area contributed by atoms with Gasteiger partial charge in [0.05, 0.1) is 17.1 Å². The quantitative estimate of drug-likeness (QED) is 0.451. The Morgan fingerprint density at radius 2 is 2.00 bits per heavy atom. The van der Waals surface area contributed by atoms with Crippen molar-refractivity contribution in [3.8, 4) is 6.07 Å². The number of hydrogen-bond donors (Lipinski definition) is 3. The molecule has 34 heavy (non-hydrogen) atoms. The maximum Gasteiger partial charge on any atom is 0.416 e. The van der Waals surface area contributed by atoms with E-state index >= 15 is 0 Å². The molecule has 0 radical (unpaired) electrons. The molecule has 3 N–H and O–H groups in total. The topological polar surface area (TPSA) is 111 Å². The molecule has 2 heterocycles. The third-order valence-corrected chi connectivity index (χ3v) is 5.62. The van der Waals surface area contributed by atoms with Crippen molar-refractivity contribution in [3.63, 3.8) is 0 Å². The lowest BCUT2D eigenvalue weighted by atomic mass is 10.0. The van der Waals surface area contributed by atoms with Crippen LogP contribution in [0.5, 0.6) is 0 Å². The van der Waals surface area contributed by atoms with Crippen LogP contribution in [0.15, 0.2) is 42.7 Å². The van der Waals surface area contributed by atoms with Crippen LogP contribution in [0.4, 0.5) is 17.6 Å². The third kappa shape index (κ3) is 5.01. The summed E-state index contributed by atoms with van der Waals surface area (Å²) < 4.78 is 54.0. The molecular weight excluding hydrogens is 454 g/mol. The van der Waals surface area contributed by atoms with Crippen molar-refractivity contribution in [2.45, 2.75) is 37.5 Å². The van der Waals surface area contributed by atoms with Crippen LogP contribution in [0.1, 0.15) is 46.9 Å². The zero-order valence-electron chi connectivity index (χ0n) is 17.6. The lowest BCUT2D eigenvalue weighted by Gasteiger charge is -2.22. The van der Waals surface area contributed by atoms with Crippen molar-refractivity contribution < 1.29 is 27.2 Å². The smallest absolute Gasteiger partial charge is 0.348 e. The Labute approximate surface area is 191 Å². The standard InChI is InChI=1S/C23H19F4N5O2/c24-16-3-1-2-13-9-18(30-20(13)16)22(34)31-17(8-12-4-5-12)21(33)32-19(10-28)14-11-29-7-6-15(14)23(25,26)27/h1-3,6-7,9,11-12,17,19,30H,4-5,8H2,(H,31,34)(H,32,33)/t17-,19+/m0/s1. The van der Waals surface area contributed by atoms with E-state index in [0.717, 1.165) is 31.3 Å². The fraction of sp³-hybridized carbons (Fsp3) is 0.304. The number of pyridine rings is 1. The Hall–Kier alpha value is -3.94. The van der Waals surface area contributed by atoms with Crippen molar-refractivity contribution in [2.24, 2.45) is 5.92 Å². The molecule has 0 bridgehead atoms. The largest absolute Gasteiger partial charge is 0.416 e. The minimum atomic E-state index is -4.75. The number of para-hydroxylation sites is 1. The summed E-state index contributed by atoms with van der Waals surface area (Å²) in [6.07, 6.45) is -0.972. The summed E-state index contributed by atoms with van der Waals surface area (Å²) in [7, 11) is 0. The van der Waals surface area contributed by atoms with Crippen molar-refractivity contribution in [2.75, 3.05) is 0 Å². The first-order valence-corrected chi connectivity index (χ1v) is 10.5. The first kappa shape index (κ1) is 23.2. The summed E-state index contributed by atoms with van der Waals surface area (Å²) in [6.45, 7) is 0. The Bertz CT molecular complexity index is 1280. The minimum Gasteiger partial charge on any atom is -0.348 e. The van der Waals surface area contributed by atoms with E-state index in [0.29, 0.717) is 5.39 Å². The number of fused-ring (bicyclic) bond motifs is 1. The summed E-state index contributed by atoms with van der Waals surface area (Å²) >= 11 is 0. The van der Waals surface area contributed by atoms with Crippen molar-refractivity contribution >= 4 is 22.7 Å². The molecule has 11 heteroatoms. The van der Waals surface area contributed by atoms with E-state index < -0.39 is 47.0 Å². The molecule has 2 aromatic heterocycles. The highest BCUT2D eigenvalue weighted by atomic mass is 19.4. The van der Waals surface area contributed by atoms with E-state index in [-0.39, 0.29) is 23.5 Å². The Kier molecular flexibility index (Phi) is 6.24. The third-order valence-electron chi connectivity index (χ3n) is 5.62. The van der Waals surface area contributed by atoms with Crippen LogP contribution in [-0.4, -0.2) is 27.8 Å². The molecule has 1 aromatic carbocycles. The molecule has 0 saturated heterocycles. The van der Waals surface area contributed by atoms with Crippen LogP contribution in [0, 0.1) is 23.1 Å². The van der Waals surface area contributed by atoms with Crippen LogP contribution < -0.4 is 10.6 Å². The van der Waals surface area contributed by atoms with E-state index in [9.17, 15) is 32.4 Å². The van der Waals surface area contributed by atoms with Crippen LogP contribution >= 0.6 is 0 Å². The number of nitrogens with zero attached hydrogens (tertiary/aromatic N) is 2. The number of rotatable bonds is 7. The summed E-state index contributed by atoms with van der Waals surface area (Å²) in [5.41, 5.74) is -1.42. The number of aromatic nitrogens is 2. The lowest BCUT2D eigenvalue weighted by molar-refractivity contribution is -0.138. The average Bonchev–Trinajstić information content (AvgIpc) is 3.50. The van der Waals surface area contributed by atoms with Gasteiger partial charge in [-0.2, -0.15) is 18.4 Å². The van der Waals surface area contributed by atoms with Crippen molar-refractivity contribution in [1.29, 1.82) is 5.26 Å². The Morgan fingerprint density at radius 3 is 2.65 bits per heavy atom. The summed E-state index contributed by atoms with van der Waals surface area (Å²) in [5, 5.41) is 14.8. The molecule has 2 atom stereocenters. The molecule has 176 valence electrons. The summed E-state index contributed by atoms with van der Waals surface area (Å²) in [4.78, 5) is 32.1. The summed E-state index contributed by atoms with van der Waals surface area (Å²) in [6, 6.07) is 5.44. The van der Waals surface area contributed by atoms with E-state index in [1.54, 1.807) is 12.1 Å². The normalized spacial score (nSPS) is 15.4. The van der Waals surface area contributed by atoms with Gasteiger partial charge in [0.1, 0.15) is 23.6 Å². The highest BCUT2D eigenvalue weighted by Crippen LogP contribution is 2.35. The van der Waals surface area contributed by atoms with E-state index in [1.807, 2.05) is 0 Å². The molecule has 4 rings (SSSR count). The number of benzene rings is 1. The zero-order valence-corrected chi connectivity index (χ0v) is 17.6. The second-order valence-corrected chi connectivity index (χ2v) is 8.12. The molecule has 2 amide bonds. The first-order chi connectivity index (χ1) is 16.2. The predicted octanol–water partition coefficient (Wildman–Crippen LogP) is 4.00. The molecular formula is C23H19F4N5O2. The number of aromatic amines is 1. The number of hydrogen-bond acceptors (Lipinski definition) is 4.